The van der Waals surface area contributed by atoms with Crippen molar-refractivity contribution in [1.29, 1.82) is 0 Å². The molecule has 1 atom stereocenters. The summed E-state index contributed by atoms with van der Waals surface area (Å²) in [5.74, 6) is -3.89. The molecule has 0 aliphatic heterocycles. The summed E-state index contributed by atoms with van der Waals surface area (Å²) in [6.07, 6.45) is 0. The van der Waals surface area contributed by atoms with Crippen molar-refractivity contribution in [3.63, 3.8) is 0 Å². The number of esters is 1. The van der Waals surface area contributed by atoms with Gasteiger partial charge in [-0.2, -0.15) is 0 Å². The Labute approximate surface area is 121 Å². The van der Waals surface area contributed by atoms with Crippen LogP contribution in [0.15, 0.2) is 18.2 Å². The molecular formula is C14H17F2NO4. The van der Waals surface area contributed by atoms with Gasteiger partial charge in [0.05, 0.1) is 19.6 Å². The molecule has 1 N–H and O–H groups in total. The minimum Gasteiger partial charge on any atom is -0.469 e. The van der Waals surface area contributed by atoms with E-state index in [-0.39, 0.29) is 25.3 Å². The fourth-order valence-corrected chi connectivity index (χ4v) is 1.81. The zero-order chi connectivity index (χ0) is 16.0. The molecule has 1 aromatic carbocycles. The first-order valence-electron chi connectivity index (χ1n) is 6.33. The molecule has 1 rings (SSSR count). The molecule has 1 aromatic rings. The van der Waals surface area contributed by atoms with E-state index in [4.69, 9.17) is 5.11 Å². The topological polar surface area (TPSA) is 66.8 Å². The summed E-state index contributed by atoms with van der Waals surface area (Å²) >= 11 is 0. The minimum atomic E-state index is -1.13. The third kappa shape index (κ3) is 4.49. The van der Waals surface area contributed by atoms with Crippen molar-refractivity contribution in [3.05, 3.63) is 35.4 Å². The first kappa shape index (κ1) is 17.0. The normalized spacial score (nSPS) is 11.9. The number of nitrogens with zero attached hydrogens (tertiary/aromatic N) is 1. The summed E-state index contributed by atoms with van der Waals surface area (Å²) in [7, 11) is 1.23. The lowest BCUT2D eigenvalue weighted by Gasteiger charge is -2.24. The molecule has 0 aliphatic rings. The molecule has 7 heteroatoms. The Kier molecular flexibility index (Phi) is 6.23. The van der Waals surface area contributed by atoms with E-state index >= 15 is 0 Å². The summed E-state index contributed by atoms with van der Waals surface area (Å²) in [4.78, 5) is 24.8. The quantitative estimate of drug-likeness (QED) is 0.802. The number of halogens is 2. The van der Waals surface area contributed by atoms with Crippen LogP contribution < -0.4 is 0 Å². The Morgan fingerprint density at radius 1 is 1.33 bits per heavy atom. The van der Waals surface area contributed by atoms with Gasteiger partial charge >= 0.3 is 5.97 Å². The fourth-order valence-electron chi connectivity index (χ4n) is 1.81. The highest BCUT2D eigenvalue weighted by Crippen LogP contribution is 2.12. The standard InChI is InChI=1S/C14H17F2NO4/c1-9(14(20)21-2)8-17(5-6-18)13(19)10-3-4-11(15)12(16)7-10/h3-4,7,9,18H,5-6,8H2,1-2H3. The van der Waals surface area contributed by atoms with Crippen LogP contribution in [0.2, 0.25) is 0 Å². The lowest BCUT2D eigenvalue weighted by Crippen LogP contribution is -2.39. The van der Waals surface area contributed by atoms with Gasteiger partial charge in [-0.3, -0.25) is 9.59 Å². The molecule has 0 saturated carbocycles. The summed E-state index contributed by atoms with van der Waals surface area (Å²) in [6.45, 7) is 1.22. The van der Waals surface area contributed by atoms with Crippen LogP contribution in [0.4, 0.5) is 8.78 Å². The predicted octanol–water partition coefficient (Wildman–Crippen LogP) is 1.21. The highest BCUT2D eigenvalue weighted by atomic mass is 19.2. The van der Waals surface area contributed by atoms with Crippen molar-refractivity contribution in [1.82, 2.24) is 4.90 Å². The number of aliphatic hydroxyl groups is 1. The molecule has 1 unspecified atom stereocenters. The summed E-state index contributed by atoms with van der Waals surface area (Å²) < 4.78 is 30.6. The van der Waals surface area contributed by atoms with E-state index in [1.54, 1.807) is 6.92 Å². The van der Waals surface area contributed by atoms with Crippen molar-refractivity contribution in [3.8, 4) is 0 Å². The number of carbonyl (C=O) groups is 2. The van der Waals surface area contributed by atoms with Crippen molar-refractivity contribution in [2.24, 2.45) is 5.92 Å². The van der Waals surface area contributed by atoms with Crippen LogP contribution in [0.25, 0.3) is 0 Å². The van der Waals surface area contributed by atoms with Crippen LogP contribution in [0.1, 0.15) is 17.3 Å². The van der Waals surface area contributed by atoms with Crippen LogP contribution in [0, 0.1) is 17.6 Å². The van der Waals surface area contributed by atoms with E-state index in [9.17, 15) is 18.4 Å². The fraction of sp³-hybridized carbons (Fsp3) is 0.429. The second-order valence-electron chi connectivity index (χ2n) is 4.53. The number of rotatable bonds is 6. The van der Waals surface area contributed by atoms with Gasteiger partial charge in [0.15, 0.2) is 11.6 Å². The van der Waals surface area contributed by atoms with Crippen molar-refractivity contribution in [2.75, 3.05) is 26.8 Å². The number of hydrogen-bond donors (Lipinski definition) is 1. The molecule has 21 heavy (non-hydrogen) atoms. The van der Waals surface area contributed by atoms with Crippen LogP contribution in [-0.2, 0) is 9.53 Å². The van der Waals surface area contributed by atoms with Crippen LogP contribution in [0.3, 0.4) is 0 Å². The maximum atomic E-state index is 13.2. The Bertz CT molecular complexity index is 522. The second kappa shape index (κ2) is 7.68. The van der Waals surface area contributed by atoms with Gasteiger partial charge in [-0.05, 0) is 18.2 Å². The predicted molar refractivity (Wildman–Crippen MR) is 70.5 cm³/mol. The van der Waals surface area contributed by atoms with Gasteiger partial charge in [0.2, 0.25) is 0 Å². The molecule has 0 aliphatic carbocycles. The molecule has 1 amide bonds. The number of aliphatic hydroxyl groups excluding tert-OH is 1. The first-order chi connectivity index (χ1) is 9.90. The third-order valence-electron chi connectivity index (χ3n) is 2.92. The van der Waals surface area contributed by atoms with Crippen LogP contribution >= 0.6 is 0 Å². The number of ether oxygens (including phenoxy) is 1. The molecule has 116 valence electrons. The Hall–Kier alpha value is -2.02. The number of hydrogen-bond acceptors (Lipinski definition) is 4. The average molecular weight is 301 g/mol. The van der Waals surface area contributed by atoms with E-state index in [0.717, 1.165) is 18.2 Å². The van der Waals surface area contributed by atoms with Gasteiger partial charge in [-0.15, -0.1) is 0 Å². The average Bonchev–Trinajstić information content (AvgIpc) is 2.47. The van der Waals surface area contributed by atoms with E-state index in [1.165, 1.54) is 12.0 Å². The lowest BCUT2D eigenvalue weighted by atomic mass is 10.1. The van der Waals surface area contributed by atoms with E-state index in [2.05, 4.69) is 4.74 Å². The maximum absolute atomic E-state index is 13.2. The van der Waals surface area contributed by atoms with Gasteiger partial charge in [0.1, 0.15) is 0 Å². The Balaban J connectivity index is 2.90. The van der Waals surface area contributed by atoms with Crippen molar-refractivity contribution in [2.45, 2.75) is 6.92 Å². The second-order valence-corrected chi connectivity index (χ2v) is 4.53. The van der Waals surface area contributed by atoms with E-state index in [0.29, 0.717) is 0 Å². The van der Waals surface area contributed by atoms with Gasteiger partial charge in [0.25, 0.3) is 5.91 Å². The summed E-state index contributed by atoms with van der Waals surface area (Å²) in [5.41, 5.74) is -0.0561. The van der Waals surface area contributed by atoms with E-state index in [1.807, 2.05) is 0 Å². The number of amides is 1. The summed E-state index contributed by atoms with van der Waals surface area (Å²) in [6, 6.07) is 2.78. The number of carbonyl (C=O) groups excluding carboxylic acids is 2. The molecule has 0 saturated heterocycles. The molecule has 0 spiro atoms. The van der Waals surface area contributed by atoms with Crippen LogP contribution in [-0.4, -0.2) is 48.7 Å². The smallest absolute Gasteiger partial charge is 0.310 e. The highest BCUT2D eigenvalue weighted by molar-refractivity contribution is 5.94. The molecule has 0 fully saturated rings. The SMILES string of the molecule is COC(=O)C(C)CN(CCO)C(=O)c1ccc(F)c(F)c1. The lowest BCUT2D eigenvalue weighted by molar-refractivity contribution is -0.145. The van der Waals surface area contributed by atoms with E-state index < -0.39 is 29.4 Å². The molecule has 0 radical (unpaired) electrons. The number of benzene rings is 1. The van der Waals surface area contributed by atoms with Gasteiger partial charge < -0.3 is 14.7 Å². The third-order valence-corrected chi connectivity index (χ3v) is 2.92. The minimum absolute atomic E-state index is 0.00502. The Morgan fingerprint density at radius 2 is 2.00 bits per heavy atom. The van der Waals surface area contributed by atoms with Gasteiger partial charge in [0, 0.05) is 18.7 Å². The molecule has 0 bridgehead atoms. The van der Waals surface area contributed by atoms with Gasteiger partial charge in [-0.25, -0.2) is 8.78 Å². The van der Waals surface area contributed by atoms with Crippen LogP contribution in [0.5, 0.6) is 0 Å². The first-order valence-corrected chi connectivity index (χ1v) is 6.33. The molecule has 0 aromatic heterocycles. The van der Waals surface area contributed by atoms with Gasteiger partial charge in [-0.1, -0.05) is 6.92 Å². The molecular weight excluding hydrogens is 284 g/mol. The molecule has 5 nitrogen and oxygen atoms in total. The zero-order valence-electron chi connectivity index (χ0n) is 11.8. The number of methoxy groups -OCH3 is 1. The largest absolute Gasteiger partial charge is 0.469 e. The highest BCUT2D eigenvalue weighted by Gasteiger charge is 2.22. The van der Waals surface area contributed by atoms with Crippen molar-refractivity contribution < 1.29 is 28.2 Å². The zero-order valence-corrected chi connectivity index (χ0v) is 11.8. The Morgan fingerprint density at radius 3 is 2.52 bits per heavy atom. The monoisotopic (exact) mass is 301 g/mol. The van der Waals surface area contributed by atoms with Crippen molar-refractivity contribution >= 4 is 11.9 Å². The maximum Gasteiger partial charge on any atom is 0.310 e. The summed E-state index contributed by atoms with van der Waals surface area (Å²) in [5, 5.41) is 9.00. The molecule has 0 heterocycles.